The van der Waals surface area contributed by atoms with Crippen molar-refractivity contribution in [3.05, 3.63) is 20.3 Å². The van der Waals surface area contributed by atoms with E-state index in [0.29, 0.717) is 18.8 Å². The number of aromatic nitrogens is 2. The maximum Gasteiger partial charge on any atom is 0.404 e. The first kappa shape index (κ1) is 14.6. The van der Waals surface area contributed by atoms with E-state index in [2.05, 4.69) is 26.3 Å². The van der Waals surface area contributed by atoms with Crippen LogP contribution in [0.3, 0.4) is 0 Å². The number of carbonyl (C=O) groups excluding carboxylic acids is 1. The van der Waals surface area contributed by atoms with E-state index < -0.39 is 4.92 Å². The van der Waals surface area contributed by atoms with Crippen molar-refractivity contribution in [3.8, 4) is 0 Å². The number of hydrogen-bond donors (Lipinski definition) is 1. The van der Waals surface area contributed by atoms with Crippen LogP contribution in [0, 0.1) is 17.0 Å². The van der Waals surface area contributed by atoms with Gasteiger partial charge in [-0.3, -0.25) is 4.79 Å². The van der Waals surface area contributed by atoms with Crippen LogP contribution in [0.4, 0.5) is 5.82 Å². The van der Waals surface area contributed by atoms with Crippen molar-refractivity contribution in [2.24, 2.45) is 0 Å². The van der Waals surface area contributed by atoms with Gasteiger partial charge in [0, 0.05) is 13.7 Å². The predicted octanol–water partition coefficient (Wildman–Crippen LogP) is 0.625. The summed E-state index contributed by atoms with van der Waals surface area (Å²) in [5, 5.41) is 17.0. The number of rotatable bonds is 6. The Morgan fingerprint density at radius 3 is 2.83 bits per heavy atom. The maximum absolute atomic E-state index is 11.5. The fourth-order valence-corrected chi connectivity index (χ4v) is 1.69. The zero-order chi connectivity index (χ0) is 13.7. The highest BCUT2D eigenvalue weighted by Crippen LogP contribution is 2.26. The van der Waals surface area contributed by atoms with Gasteiger partial charge in [0.15, 0.2) is 0 Å². The molecule has 1 aromatic rings. The van der Waals surface area contributed by atoms with E-state index in [-0.39, 0.29) is 22.7 Å². The second-order valence-electron chi connectivity index (χ2n) is 3.48. The smallest absolute Gasteiger partial charge is 0.383 e. The zero-order valence-corrected chi connectivity index (χ0v) is 11.6. The molecule has 0 spiro atoms. The van der Waals surface area contributed by atoms with Crippen LogP contribution < -0.4 is 5.32 Å². The summed E-state index contributed by atoms with van der Waals surface area (Å²) in [5.41, 5.74) is 0.531. The molecule has 1 aromatic heterocycles. The molecule has 0 saturated heterocycles. The third-order valence-corrected chi connectivity index (χ3v) is 3.14. The molecule has 0 atom stereocenters. The Hall–Kier alpha value is -1.48. The fraction of sp³-hybridized carbons (Fsp3) is 0.556. The fourth-order valence-electron chi connectivity index (χ4n) is 1.26. The molecule has 1 rings (SSSR count). The van der Waals surface area contributed by atoms with E-state index >= 15 is 0 Å². The molecule has 1 amide bonds. The Kier molecular flexibility index (Phi) is 5.23. The minimum absolute atomic E-state index is 0.0675. The number of nitrogens with zero attached hydrogens (tertiary/aromatic N) is 3. The number of amides is 1. The van der Waals surface area contributed by atoms with Crippen LogP contribution in [0.25, 0.3) is 0 Å². The summed E-state index contributed by atoms with van der Waals surface area (Å²) in [6.45, 7) is 2.38. The minimum atomic E-state index is -0.601. The SMILES string of the molecule is COCCNC(=O)Cn1nc([N+](=O)[O-])c(Br)c1C. The van der Waals surface area contributed by atoms with Gasteiger partial charge in [-0.1, -0.05) is 0 Å². The summed E-state index contributed by atoms with van der Waals surface area (Å²) in [7, 11) is 1.53. The number of halogens is 1. The summed E-state index contributed by atoms with van der Waals surface area (Å²) in [5.74, 6) is -0.572. The van der Waals surface area contributed by atoms with Crippen molar-refractivity contribution in [1.29, 1.82) is 0 Å². The second kappa shape index (κ2) is 6.45. The van der Waals surface area contributed by atoms with Gasteiger partial charge in [0.2, 0.25) is 5.91 Å². The number of hydrogen-bond acceptors (Lipinski definition) is 5. The summed E-state index contributed by atoms with van der Waals surface area (Å²) in [4.78, 5) is 21.6. The average molecular weight is 321 g/mol. The first-order valence-corrected chi connectivity index (χ1v) is 5.89. The molecular formula is C9H13BrN4O4. The van der Waals surface area contributed by atoms with Gasteiger partial charge >= 0.3 is 5.82 Å². The van der Waals surface area contributed by atoms with Crippen LogP contribution in [0.2, 0.25) is 0 Å². The van der Waals surface area contributed by atoms with Gasteiger partial charge in [-0.05, 0) is 27.8 Å². The molecule has 0 bridgehead atoms. The molecule has 0 fully saturated rings. The monoisotopic (exact) mass is 320 g/mol. The number of carbonyl (C=O) groups is 1. The van der Waals surface area contributed by atoms with Crippen molar-refractivity contribution in [3.63, 3.8) is 0 Å². The Bertz CT molecular complexity index is 460. The van der Waals surface area contributed by atoms with Crippen LogP contribution >= 0.6 is 15.9 Å². The number of ether oxygens (including phenoxy) is 1. The Labute approximate surface area is 112 Å². The van der Waals surface area contributed by atoms with E-state index in [1.807, 2.05) is 0 Å². The largest absolute Gasteiger partial charge is 0.404 e. The third-order valence-electron chi connectivity index (χ3n) is 2.21. The van der Waals surface area contributed by atoms with Crippen LogP contribution in [-0.4, -0.2) is 40.9 Å². The van der Waals surface area contributed by atoms with Crippen LogP contribution in [-0.2, 0) is 16.1 Å². The third kappa shape index (κ3) is 3.50. The second-order valence-corrected chi connectivity index (χ2v) is 4.27. The standard InChI is InChI=1S/C9H13BrN4O4/c1-6-8(10)9(14(16)17)12-13(6)5-7(15)11-3-4-18-2/h3-5H2,1-2H3,(H,11,15). The quantitative estimate of drug-likeness (QED) is 0.470. The lowest BCUT2D eigenvalue weighted by Crippen LogP contribution is -2.31. The summed E-state index contributed by atoms with van der Waals surface area (Å²) in [6.07, 6.45) is 0. The molecule has 0 aliphatic rings. The number of nitro groups is 1. The van der Waals surface area contributed by atoms with Crippen molar-refractivity contribution >= 4 is 27.7 Å². The predicted molar refractivity (Wildman–Crippen MR) is 66.2 cm³/mol. The molecule has 0 radical (unpaired) electrons. The van der Waals surface area contributed by atoms with E-state index in [0.717, 1.165) is 0 Å². The molecule has 0 aromatic carbocycles. The van der Waals surface area contributed by atoms with Gasteiger partial charge in [-0.25, -0.2) is 0 Å². The van der Waals surface area contributed by atoms with Gasteiger partial charge in [0.1, 0.15) is 11.0 Å². The normalized spacial score (nSPS) is 10.4. The van der Waals surface area contributed by atoms with Gasteiger partial charge in [-0.15, -0.1) is 0 Å². The Balaban J connectivity index is 2.70. The van der Waals surface area contributed by atoms with Crippen molar-refractivity contribution < 1.29 is 14.5 Å². The Morgan fingerprint density at radius 2 is 2.33 bits per heavy atom. The average Bonchev–Trinajstić information content (AvgIpc) is 2.58. The molecule has 0 aliphatic heterocycles. The van der Waals surface area contributed by atoms with E-state index in [9.17, 15) is 14.9 Å². The van der Waals surface area contributed by atoms with E-state index in [1.165, 1.54) is 11.8 Å². The lowest BCUT2D eigenvalue weighted by Gasteiger charge is -2.03. The number of methoxy groups -OCH3 is 1. The minimum Gasteiger partial charge on any atom is -0.383 e. The first-order valence-electron chi connectivity index (χ1n) is 5.10. The molecule has 9 heteroatoms. The van der Waals surface area contributed by atoms with Crippen LogP contribution in [0.1, 0.15) is 5.69 Å². The summed E-state index contributed by atoms with van der Waals surface area (Å²) in [6, 6.07) is 0. The van der Waals surface area contributed by atoms with Crippen molar-refractivity contribution in [2.45, 2.75) is 13.5 Å². The van der Waals surface area contributed by atoms with Crippen LogP contribution in [0.5, 0.6) is 0 Å². The topological polar surface area (TPSA) is 99.3 Å². The van der Waals surface area contributed by atoms with Crippen molar-refractivity contribution in [1.82, 2.24) is 15.1 Å². The van der Waals surface area contributed by atoms with Gasteiger partial charge in [0.25, 0.3) is 0 Å². The lowest BCUT2D eigenvalue weighted by atomic mass is 10.4. The molecule has 100 valence electrons. The molecule has 0 unspecified atom stereocenters. The molecule has 1 N–H and O–H groups in total. The molecule has 1 heterocycles. The van der Waals surface area contributed by atoms with Gasteiger partial charge in [-0.2, -0.15) is 4.68 Å². The maximum atomic E-state index is 11.5. The molecule has 0 aliphatic carbocycles. The highest BCUT2D eigenvalue weighted by molar-refractivity contribution is 9.10. The lowest BCUT2D eigenvalue weighted by molar-refractivity contribution is -0.390. The van der Waals surface area contributed by atoms with Gasteiger partial charge < -0.3 is 20.2 Å². The molecule has 0 saturated carbocycles. The molecule has 8 nitrogen and oxygen atoms in total. The molecular weight excluding hydrogens is 308 g/mol. The highest BCUT2D eigenvalue weighted by atomic mass is 79.9. The van der Waals surface area contributed by atoms with E-state index in [1.54, 1.807) is 6.92 Å². The first-order chi connectivity index (χ1) is 8.47. The number of nitrogens with one attached hydrogen (secondary N) is 1. The van der Waals surface area contributed by atoms with E-state index in [4.69, 9.17) is 4.74 Å². The summed E-state index contributed by atoms with van der Waals surface area (Å²) >= 11 is 3.08. The van der Waals surface area contributed by atoms with Gasteiger partial charge in [0.05, 0.1) is 17.4 Å². The van der Waals surface area contributed by atoms with Crippen LogP contribution in [0.15, 0.2) is 4.47 Å². The highest BCUT2D eigenvalue weighted by Gasteiger charge is 2.24. The zero-order valence-electron chi connectivity index (χ0n) is 9.97. The summed E-state index contributed by atoms with van der Waals surface area (Å²) < 4.78 is 6.36. The van der Waals surface area contributed by atoms with Crippen molar-refractivity contribution in [2.75, 3.05) is 20.3 Å². The molecule has 18 heavy (non-hydrogen) atoms. The Morgan fingerprint density at radius 1 is 1.67 bits per heavy atom.